The van der Waals surface area contributed by atoms with Crippen LogP contribution in [0.25, 0.3) is 0 Å². The van der Waals surface area contributed by atoms with Gasteiger partial charge in [-0.3, -0.25) is 9.59 Å². The number of rotatable bonds is 8. The van der Waals surface area contributed by atoms with Crippen LogP contribution in [0.15, 0.2) is 35.5 Å². The fourth-order valence-electron chi connectivity index (χ4n) is 3.18. The maximum atomic E-state index is 13.7. The average Bonchev–Trinajstić information content (AvgIpc) is 2.65. The first-order valence-electron chi connectivity index (χ1n) is 9.08. The standard InChI is InChI=1S/C20H25FN2O5/c1-4-28-20(26)19-13(2)23(12-17(24)22-8-9-27-3)18(25)11-16(19)14-6-5-7-15(21)10-14/h5-7,10,16H,4,8-9,11-12H2,1-3H3,(H,22,24)/t16-/m0/s1. The van der Waals surface area contributed by atoms with Gasteiger partial charge in [-0.2, -0.15) is 0 Å². The molecular weight excluding hydrogens is 367 g/mol. The molecule has 152 valence electrons. The Bertz CT molecular complexity index is 778. The first-order valence-corrected chi connectivity index (χ1v) is 9.08. The molecule has 1 aliphatic rings. The quantitative estimate of drug-likeness (QED) is 0.538. The first kappa shape index (κ1) is 21.6. The summed E-state index contributed by atoms with van der Waals surface area (Å²) in [6.45, 7) is 3.89. The van der Waals surface area contributed by atoms with Crippen molar-refractivity contribution in [1.29, 1.82) is 0 Å². The van der Waals surface area contributed by atoms with Gasteiger partial charge in [0.05, 0.1) is 18.8 Å². The van der Waals surface area contributed by atoms with Gasteiger partial charge in [0.15, 0.2) is 0 Å². The molecule has 1 aliphatic heterocycles. The van der Waals surface area contributed by atoms with Gasteiger partial charge < -0.3 is 19.7 Å². The van der Waals surface area contributed by atoms with Crippen LogP contribution in [-0.2, 0) is 23.9 Å². The Labute approximate surface area is 163 Å². The molecule has 8 heteroatoms. The van der Waals surface area contributed by atoms with Gasteiger partial charge in [0.1, 0.15) is 12.4 Å². The Morgan fingerprint density at radius 2 is 2.11 bits per heavy atom. The lowest BCUT2D eigenvalue weighted by molar-refractivity contribution is -0.141. The number of hydrogen-bond donors (Lipinski definition) is 1. The van der Waals surface area contributed by atoms with Crippen LogP contribution >= 0.6 is 0 Å². The lowest BCUT2D eigenvalue weighted by atomic mass is 9.83. The zero-order valence-electron chi connectivity index (χ0n) is 16.3. The third-order valence-corrected chi connectivity index (χ3v) is 4.50. The Morgan fingerprint density at radius 3 is 2.75 bits per heavy atom. The number of ether oxygens (including phenoxy) is 2. The van der Waals surface area contributed by atoms with E-state index in [9.17, 15) is 18.8 Å². The van der Waals surface area contributed by atoms with E-state index in [-0.39, 0.29) is 37.0 Å². The fraction of sp³-hybridized carbons (Fsp3) is 0.450. The van der Waals surface area contributed by atoms with E-state index in [1.54, 1.807) is 19.9 Å². The number of methoxy groups -OCH3 is 1. The van der Waals surface area contributed by atoms with Gasteiger partial charge in [-0.15, -0.1) is 0 Å². The number of benzene rings is 1. The number of carbonyl (C=O) groups excluding carboxylic acids is 3. The average molecular weight is 392 g/mol. The summed E-state index contributed by atoms with van der Waals surface area (Å²) in [7, 11) is 1.52. The number of allylic oxidation sites excluding steroid dienone is 1. The van der Waals surface area contributed by atoms with Gasteiger partial charge in [-0.05, 0) is 31.5 Å². The minimum Gasteiger partial charge on any atom is -0.463 e. The molecule has 2 rings (SSSR count). The highest BCUT2D eigenvalue weighted by Crippen LogP contribution is 2.37. The van der Waals surface area contributed by atoms with E-state index in [0.717, 1.165) is 0 Å². The van der Waals surface area contributed by atoms with E-state index < -0.39 is 17.7 Å². The molecule has 2 amide bonds. The summed E-state index contributed by atoms with van der Waals surface area (Å²) in [5, 5.41) is 2.65. The van der Waals surface area contributed by atoms with Crippen molar-refractivity contribution in [2.24, 2.45) is 0 Å². The molecule has 0 spiro atoms. The Balaban J connectivity index is 2.35. The van der Waals surface area contributed by atoms with Crippen molar-refractivity contribution in [2.45, 2.75) is 26.2 Å². The van der Waals surface area contributed by atoms with E-state index >= 15 is 0 Å². The van der Waals surface area contributed by atoms with Crippen molar-refractivity contribution in [3.63, 3.8) is 0 Å². The number of esters is 1. The molecule has 0 aromatic heterocycles. The van der Waals surface area contributed by atoms with Crippen molar-refractivity contribution < 1.29 is 28.2 Å². The van der Waals surface area contributed by atoms with Crippen LogP contribution in [0.3, 0.4) is 0 Å². The molecule has 0 unspecified atom stereocenters. The Hall–Kier alpha value is -2.74. The number of halogens is 1. The minimum absolute atomic E-state index is 0.0553. The zero-order valence-corrected chi connectivity index (χ0v) is 16.3. The highest BCUT2D eigenvalue weighted by molar-refractivity contribution is 5.97. The number of carbonyl (C=O) groups is 3. The molecule has 28 heavy (non-hydrogen) atoms. The fourth-order valence-corrected chi connectivity index (χ4v) is 3.18. The van der Waals surface area contributed by atoms with Crippen molar-refractivity contribution in [3.05, 3.63) is 46.9 Å². The van der Waals surface area contributed by atoms with E-state index in [0.29, 0.717) is 24.4 Å². The van der Waals surface area contributed by atoms with Crippen LogP contribution in [0.5, 0.6) is 0 Å². The molecule has 0 saturated heterocycles. The molecule has 7 nitrogen and oxygen atoms in total. The normalized spacial score (nSPS) is 16.9. The number of nitrogens with one attached hydrogen (secondary N) is 1. The molecule has 0 aliphatic carbocycles. The van der Waals surface area contributed by atoms with Crippen molar-refractivity contribution >= 4 is 17.8 Å². The highest BCUT2D eigenvalue weighted by Gasteiger charge is 2.37. The van der Waals surface area contributed by atoms with E-state index in [2.05, 4.69) is 5.32 Å². The molecule has 1 aromatic carbocycles. The SMILES string of the molecule is CCOC(=O)C1=C(C)N(CC(=O)NCCOC)C(=O)C[C@H]1c1cccc(F)c1. The maximum Gasteiger partial charge on any atom is 0.336 e. The van der Waals surface area contributed by atoms with Gasteiger partial charge in [0.2, 0.25) is 11.8 Å². The van der Waals surface area contributed by atoms with E-state index in [4.69, 9.17) is 9.47 Å². The van der Waals surface area contributed by atoms with E-state index in [1.165, 1.54) is 30.2 Å². The Kier molecular flexibility index (Phi) is 7.69. The highest BCUT2D eigenvalue weighted by atomic mass is 19.1. The number of amides is 2. The van der Waals surface area contributed by atoms with Crippen LogP contribution in [-0.4, -0.2) is 56.1 Å². The third-order valence-electron chi connectivity index (χ3n) is 4.50. The van der Waals surface area contributed by atoms with Crippen molar-refractivity contribution in [2.75, 3.05) is 33.4 Å². The summed E-state index contributed by atoms with van der Waals surface area (Å²) >= 11 is 0. The molecule has 0 bridgehead atoms. The predicted octanol–water partition coefficient (Wildman–Crippen LogP) is 1.74. The zero-order chi connectivity index (χ0) is 20.7. The van der Waals surface area contributed by atoms with Crippen LogP contribution < -0.4 is 5.32 Å². The van der Waals surface area contributed by atoms with Crippen LogP contribution in [0, 0.1) is 5.82 Å². The second-order valence-electron chi connectivity index (χ2n) is 6.35. The number of nitrogens with zero attached hydrogens (tertiary/aromatic N) is 1. The van der Waals surface area contributed by atoms with Gasteiger partial charge in [-0.1, -0.05) is 12.1 Å². The van der Waals surface area contributed by atoms with Crippen molar-refractivity contribution in [3.8, 4) is 0 Å². The van der Waals surface area contributed by atoms with Gasteiger partial charge in [-0.25, -0.2) is 9.18 Å². The minimum atomic E-state index is -0.630. The molecular formula is C20H25FN2O5. The summed E-state index contributed by atoms with van der Waals surface area (Å²) in [6.07, 6.45) is -0.0553. The molecule has 1 atom stereocenters. The molecule has 1 heterocycles. The van der Waals surface area contributed by atoms with Crippen LogP contribution in [0.1, 0.15) is 31.7 Å². The van der Waals surface area contributed by atoms with E-state index in [1.807, 2.05) is 0 Å². The monoisotopic (exact) mass is 392 g/mol. The molecule has 0 saturated carbocycles. The summed E-state index contributed by atoms with van der Waals surface area (Å²) in [5.41, 5.74) is 1.11. The second kappa shape index (κ2) is 9.98. The van der Waals surface area contributed by atoms with Crippen LogP contribution in [0.4, 0.5) is 4.39 Å². The van der Waals surface area contributed by atoms with Crippen LogP contribution in [0.2, 0.25) is 0 Å². The largest absolute Gasteiger partial charge is 0.463 e. The molecule has 1 aromatic rings. The van der Waals surface area contributed by atoms with Gasteiger partial charge in [0.25, 0.3) is 0 Å². The lowest BCUT2D eigenvalue weighted by Gasteiger charge is -2.34. The van der Waals surface area contributed by atoms with Crippen molar-refractivity contribution in [1.82, 2.24) is 10.2 Å². The molecule has 1 N–H and O–H groups in total. The topological polar surface area (TPSA) is 84.9 Å². The molecule has 0 fully saturated rings. The molecule has 0 radical (unpaired) electrons. The van der Waals surface area contributed by atoms with Gasteiger partial charge in [0, 0.05) is 31.7 Å². The summed E-state index contributed by atoms with van der Waals surface area (Å²) in [4.78, 5) is 38.7. The van der Waals surface area contributed by atoms with Gasteiger partial charge >= 0.3 is 5.97 Å². The summed E-state index contributed by atoms with van der Waals surface area (Å²) in [6, 6.07) is 5.80. The maximum absolute atomic E-state index is 13.7. The smallest absolute Gasteiger partial charge is 0.336 e. The summed E-state index contributed by atoms with van der Waals surface area (Å²) in [5.74, 6) is -2.34. The first-order chi connectivity index (χ1) is 13.4. The lowest BCUT2D eigenvalue weighted by Crippen LogP contribution is -2.44. The second-order valence-corrected chi connectivity index (χ2v) is 6.35. The summed E-state index contributed by atoms with van der Waals surface area (Å²) < 4.78 is 23.7. The third kappa shape index (κ3) is 5.16. The number of hydrogen-bond acceptors (Lipinski definition) is 5. The predicted molar refractivity (Wildman–Crippen MR) is 99.7 cm³/mol. The Morgan fingerprint density at radius 1 is 1.36 bits per heavy atom.